The first-order valence-corrected chi connectivity index (χ1v) is 12.0. The lowest BCUT2D eigenvalue weighted by Crippen LogP contribution is -2.22. The summed E-state index contributed by atoms with van der Waals surface area (Å²) in [6.45, 7) is 2.18. The van der Waals surface area contributed by atoms with Gasteiger partial charge in [0, 0.05) is 24.9 Å². The molecule has 32 heavy (non-hydrogen) atoms. The van der Waals surface area contributed by atoms with Crippen molar-refractivity contribution in [3.05, 3.63) is 53.1 Å². The molecular formula is C23H31ClN2O5S. The normalized spacial score (nSPS) is 12.8. The second-order valence-electron chi connectivity index (χ2n) is 7.85. The maximum Gasteiger partial charge on any atom is 0.241 e. The smallest absolute Gasteiger partial charge is 0.241 e. The zero-order valence-electron chi connectivity index (χ0n) is 18.5. The largest absolute Gasteiger partial charge is 0.496 e. The summed E-state index contributed by atoms with van der Waals surface area (Å²) >= 11 is 0. The molecule has 0 aromatic heterocycles. The van der Waals surface area contributed by atoms with E-state index in [0.29, 0.717) is 25.0 Å². The van der Waals surface area contributed by atoms with Gasteiger partial charge >= 0.3 is 0 Å². The Balaban J connectivity index is 0.00000363. The molecule has 2 aromatic carbocycles. The number of nitrogens with two attached hydrogens (primary N) is 1. The van der Waals surface area contributed by atoms with E-state index in [2.05, 4.69) is 18.0 Å². The third kappa shape index (κ3) is 6.68. The Bertz CT molecular complexity index is 1040. The van der Waals surface area contributed by atoms with Crippen LogP contribution in [0, 0.1) is 0 Å². The first-order valence-electron chi connectivity index (χ1n) is 10.5. The van der Waals surface area contributed by atoms with Gasteiger partial charge in [-0.15, -0.1) is 12.4 Å². The molecule has 0 bridgehead atoms. The minimum absolute atomic E-state index is 0. The molecule has 0 radical (unpaired) electrons. The van der Waals surface area contributed by atoms with Gasteiger partial charge in [-0.1, -0.05) is 18.2 Å². The zero-order valence-corrected chi connectivity index (χ0v) is 20.1. The highest BCUT2D eigenvalue weighted by molar-refractivity contribution is 7.89. The van der Waals surface area contributed by atoms with Crippen molar-refractivity contribution in [2.75, 3.05) is 33.9 Å². The molecule has 1 aliphatic rings. The predicted octanol–water partition coefficient (Wildman–Crippen LogP) is 3.23. The number of ketones is 1. The molecule has 2 aromatic rings. The maximum atomic E-state index is 12.6. The maximum absolute atomic E-state index is 12.6. The van der Waals surface area contributed by atoms with Crippen molar-refractivity contribution < 1.29 is 22.7 Å². The number of para-hydroxylation sites is 1. The summed E-state index contributed by atoms with van der Waals surface area (Å²) in [6, 6.07) is 11.1. The van der Waals surface area contributed by atoms with Crippen LogP contribution in [0.3, 0.4) is 0 Å². The molecule has 0 saturated carbocycles. The van der Waals surface area contributed by atoms with Gasteiger partial charge < -0.3 is 14.4 Å². The van der Waals surface area contributed by atoms with Gasteiger partial charge in [0.25, 0.3) is 0 Å². The van der Waals surface area contributed by atoms with Crippen molar-refractivity contribution in [2.24, 2.45) is 5.14 Å². The molecule has 0 amide bonds. The Kier molecular flexibility index (Phi) is 9.51. The van der Waals surface area contributed by atoms with Crippen LogP contribution in [-0.4, -0.2) is 53.0 Å². The predicted molar refractivity (Wildman–Crippen MR) is 127 cm³/mol. The Morgan fingerprint density at radius 2 is 1.94 bits per heavy atom. The van der Waals surface area contributed by atoms with Crippen LogP contribution in [0.25, 0.3) is 0 Å². The van der Waals surface area contributed by atoms with Crippen molar-refractivity contribution in [2.45, 2.75) is 37.0 Å². The van der Waals surface area contributed by atoms with Crippen LogP contribution in [0.1, 0.15) is 40.7 Å². The molecule has 0 fully saturated rings. The molecule has 3 rings (SSSR count). The summed E-state index contributed by atoms with van der Waals surface area (Å²) in [6.07, 6.45) is 3.45. The Morgan fingerprint density at radius 1 is 1.19 bits per heavy atom. The number of unbranched alkanes of at least 4 members (excludes halogenated alkanes) is 1. The van der Waals surface area contributed by atoms with E-state index in [1.807, 2.05) is 18.2 Å². The van der Waals surface area contributed by atoms with Crippen molar-refractivity contribution in [1.82, 2.24) is 4.90 Å². The van der Waals surface area contributed by atoms with Crippen LogP contribution in [0.4, 0.5) is 0 Å². The number of carbonyl (C=O) groups is 1. The molecule has 0 atom stereocenters. The summed E-state index contributed by atoms with van der Waals surface area (Å²) in [4.78, 5) is 14.8. The van der Waals surface area contributed by atoms with Crippen molar-refractivity contribution >= 4 is 28.2 Å². The van der Waals surface area contributed by atoms with Crippen molar-refractivity contribution in [3.63, 3.8) is 0 Å². The molecule has 1 heterocycles. The average molecular weight is 483 g/mol. The molecule has 0 unspecified atom stereocenters. The van der Waals surface area contributed by atoms with Gasteiger partial charge in [-0.05, 0) is 62.2 Å². The molecule has 7 nitrogen and oxygen atoms in total. The number of hydrogen-bond donors (Lipinski definition) is 1. The quantitative estimate of drug-likeness (QED) is 0.390. The number of benzene rings is 2. The van der Waals surface area contributed by atoms with Crippen LogP contribution in [0.15, 0.2) is 41.3 Å². The number of carbonyl (C=O) groups excluding carboxylic acids is 1. The summed E-state index contributed by atoms with van der Waals surface area (Å²) in [7, 11) is -0.202. The Morgan fingerprint density at radius 3 is 2.66 bits per heavy atom. The number of nitrogens with zero attached hydrogens (tertiary/aromatic N) is 1. The van der Waals surface area contributed by atoms with Gasteiger partial charge in [0.1, 0.15) is 16.4 Å². The SMILES string of the molecule is COc1ccccc1CCN(C)CCCCC(=O)c1cc2c(c(S(N)(=O)=O)c1)OCC2.Cl. The fourth-order valence-corrected chi connectivity index (χ4v) is 4.53. The number of hydrogen-bond acceptors (Lipinski definition) is 6. The molecule has 9 heteroatoms. The first kappa shape index (κ1) is 26.1. The molecule has 1 aliphatic heterocycles. The molecule has 176 valence electrons. The summed E-state index contributed by atoms with van der Waals surface area (Å²) in [5.41, 5.74) is 2.29. The van der Waals surface area contributed by atoms with E-state index in [1.54, 1.807) is 13.2 Å². The van der Waals surface area contributed by atoms with Crippen LogP contribution in [-0.2, 0) is 22.9 Å². The van der Waals surface area contributed by atoms with E-state index >= 15 is 0 Å². The lowest BCUT2D eigenvalue weighted by Gasteiger charge is -2.17. The van der Waals surface area contributed by atoms with E-state index in [1.165, 1.54) is 11.6 Å². The summed E-state index contributed by atoms with van der Waals surface area (Å²) in [5, 5.41) is 5.31. The van der Waals surface area contributed by atoms with Gasteiger partial charge in [0.15, 0.2) is 5.78 Å². The van der Waals surface area contributed by atoms with Gasteiger partial charge in [-0.3, -0.25) is 4.79 Å². The van der Waals surface area contributed by atoms with E-state index in [4.69, 9.17) is 14.6 Å². The summed E-state index contributed by atoms with van der Waals surface area (Å²) in [5.74, 6) is 1.12. The van der Waals surface area contributed by atoms with E-state index < -0.39 is 10.0 Å². The fourth-order valence-electron chi connectivity index (χ4n) is 3.79. The van der Waals surface area contributed by atoms with E-state index in [9.17, 15) is 13.2 Å². The second kappa shape index (κ2) is 11.7. The summed E-state index contributed by atoms with van der Waals surface area (Å²) < 4.78 is 34.6. The Labute approximate surface area is 196 Å². The number of likely N-dealkylation sites (N-methyl/N-ethyl adjacent to an activating group) is 1. The van der Waals surface area contributed by atoms with Gasteiger partial charge in [0.2, 0.25) is 10.0 Å². The number of Topliss-reactive ketones (excluding diaryl/α,β-unsaturated/α-hetero) is 1. The Hall–Kier alpha value is -2.13. The highest BCUT2D eigenvalue weighted by Crippen LogP contribution is 2.34. The van der Waals surface area contributed by atoms with Crippen LogP contribution < -0.4 is 14.6 Å². The number of rotatable bonds is 11. The monoisotopic (exact) mass is 482 g/mol. The third-order valence-electron chi connectivity index (χ3n) is 5.53. The van der Waals surface area contributed by atoms with E-state index in [-0.39, 0.29) is 28.8 Å². The number of fused-ring (bicyclic) bond motifs is 1. The molecule has 0 aliphatic carbocycles. The van der Waals surface area contributed by atoms with Crippen molar-refractivity contribution in [3.8, 4) is 11.5 Å². The van der Waals surface area contributed by atoms with Gasteiger partial charge in [0.05, 0.1) is 13.7 Å². The molecule has 0 saturated heterocycles. The topological polar surface area (TPSA) is 98.9 Å². The molecule has 0 spiro atoms. The number of methoxy groups -OCH3 is 1. The number of ether oxygens (including phenoxy) is 2. The lowest BCUT2D eigenvalue weighted by molar-refractivity contribution is 0.0978. The number of sulfonamides is 1. The van der Waals surface area contributed by atoms with Crippen LogP contribution >= 0.6 is 12.4 Å². The number of primary sulfonamides is 1. The standard InChI is InChI=1S/C23H30N2O5S.ClH/c1-25(13-10-17-7-3-4-9-21(17)29-2)12-6-5-8-20(26)19-15-18-11-14-30-23(18)22(16-19)31(24,27)28;/h3-4,7,9,15-16H,5-6,8,10-14H2,1-2H3,(H2,24,27,28);1H. The highest BCUT2D eigenvalue weighted by Gasteiger charge is 2.25. The van der Waals surface area contributed by atoms with Crippen molar-refractivity contribution in [1.29, 1.82) is 0 Å². The van der Waals surface area contributed by atoms with Crippen LogP contribution in [0.2, 0.25) is 0 Å². The number of halogens is 1. The molecule has 2 N–H and O–H groups in total. The second-order valence-corrected chi connectivity index (χ2v) is 9.38. The van der Waals surface area contributed by atoms with Gasteiger partial charge in [-0.2, -0.15) is 0 Å². The van der Waals surface area contributed by atoms with Crippen LogP contribution in [0.5, 0.6) is 11.5 Å². The van der Waals surface area contributed by atoms with Gasteiger partial charge in [-0.25, -0.2) is 13.6 Å². The minimum Gasteiger partial charge on any atom is -0.496 e. The highest BCUT2D eigenvalue weighted by atomic mass is 35.5. The zero-order chi connectivity index (χ0) is 22.4. The third-order valence-corrected chi connectivity index (χ3v) is 6.44. The fraction of sp³-hybridized carbons (Fsp3) is 0.435. The average Bonchev–Trinajstić information content (AvgIpc) is 3.22. The first-order chi connectivity index (χ1) is 14.8. The van der Waals surface area contributed by atoms with E-state index in [0.717, 1.165) is 43.7 Å². The lowest BCUT2D eigenvalue weighted by atomic mass is 10.0. The molecular weight excluding hydrogens is 452 g/mol. The minimum atomic E-state index is -3.95.